The second-order valence-electron chi connectivity index (χ2n) is 3.63. The lowest BCUT2D eigenvalue weighted by atomic mass is 10.2. The van der Waals surface area contributed by atoms with Crippen molar-refractivity contribution in [2.24, 2.45) is 0 Å². The van der Waals surface area contributed by atoms with Gasteiger partial charge >= 0.3 is 0 Å². The molecular weight excluding hydrogens is 334 g/mol. The Bertz CT molecular complexity index is 385. The normalized spacial score (nSPS) is 10.3. The Hall–Kier alpha value is -0.690. The average molecular weight is 350 g/mol. The predicted molar refractivity (Wildman–Crippen MR) is 74.6 cm³/mol. The quantitative estimate of drug-likeness (QED) is 0.610. The number of carbonyl (C=O) groups excluding carboxylic acids is 1. The number of hydrogen-bond acceptors (Lipinski definition) is 2. The Morgan fingerprint density at radius 3 is 2.76 bits per heavy atom. The highest BCUT2D eigenvalue weighted by atomic mass is 127. The van der Waals surface area contributed by atoms with Gasteiger partial charge in [0.25, 0.3) is 5.91 Å². The largest absolute Gasteiger partial charge is 0.351 e. The molecule has 0 aliphatic heterocycles. The first-order valence-electron chi connectivity index (χ1n) is 5.59. The molecule has 1 aromatic carbocycles. The first-order chi connectivity index (χ1) is 8.15. The lowest BCUT2D eigenvalue weighted by Gasteiger charge is -2.06. The van der Waals surface area contributed by atoms with E-state index < -0.39 is 0 Å². The van der Waals surface area contributed by atoms with E-state index in [-0.39, 0.29) is 11.7 Å². The molecule has 0 radical (unpaired) electrons. The summed E-state index contributed by atoms with van der Waals surface area (Å²) in [5.74, 6) is -0.596. The minimum Gasteiger partial charge on any atom is -0.351 e. The molecule has 0 saturated carbocycles. The van der Waals surface area contributed by atoms with Gasteiger partial charge in [0.05, 0.1) is 0 Å². The number of benzene rings is 1. The number of nitrogens with one attached hydrogen (secondary N) is 2. The van der Waals surface area contributed by atoms with Crippen molar-refractivity contribution in [2.45, 2.75) is 13.3 Å². The van der Waals surface area contributed by atoms with E-state index in [9.17, 15) is 9.18 Å². The molecule has 1 amide bonds. The summed E-state index contributed by atoms with van der Waals surface area (Å²) in [4.78, 5) is 11.6. The zero-order valence-corrected chi connectivity index (χ0v) is 11.9. The van der Waals surface area contributed by atoms with Gasteiger partial charge in [0.2, 0.25) is 0 Å². The fourth-order valence-corrected chi connectivity index (χ4v) is 1.64. The van der Waals surface area contributed by atoms with E-state index in [1.165, 1.54) is 6.07 Å². The summed E-state index contributed by atoms with van der Waals surface area (Å²) in [5, 5.41) is 5.91. The highest BCUT2D eigenvalue weighted by Gasteiger charge is 2.07. The topological polar surface area (TPSA) is 41.1 Å². The molecule has 94 valence electrons. The van der Waals surface area contributed by atoms with Crippen LogP contribution in [0.25, 0.3) is 0 Å². The van der Waals surface area contributed by atoms with Gasteiger partial charge in [-0.15, -0.1) is 0 Å². The van der Waals surface area contributed by atoms with Crippen molar-refractivity contribution >= 4 is 28.5 Å². The van der Waals surface area contributed by atoms with Crippen LogP contribution in [0.1, 0.15) is 23.7 Å². The molecule has 0 aliphatic rings. The Morgan fingerprint density at radius 2 is 2.12 bits per heavy atom. The Labute approximate surface area is 114 Å². The molecule has 0 heterocycles. The van der Waals surface area contributed by atoms with Gasteiger partial charge in [0.15, 0.2) is 0 Å². The Kier molecular flexibility index (Phi) is 6.43. The maximum atomic E-state index is 13.2. The molecule has 0 saturated heterocycles. The summed E-state index contributed by atoms with van der Waals surface area (Å²) >= 11 is 1.89. The van der Waals surface area contributed by atoms with Gasteiger partial charge in [-0.3, -0.25) is 4.79 Å². The molecule has 1 rings (SSSR count). The van der Waals surface area contributed by atoms with Crippen molar-refractivity contribution in [3.05, 3.63) is 33.1 Å². The molecule has 0 bridgehead atoms. The van der Waals surface area contributed by atoms with Crippen molar-refractivity contribution in [3.8, 4) is 0 Å². The van der Waals surface area contributed by atoms with Crippen molar-refractivity contribution < 1.29 is 9.18 Å². The monoisotopic (exact) mass is 350 g/mol. The van der Waals surface area contributed by atoms with Crippen molar-refractivity contribution in [1.82, 2.24) is 10.6 Å². The van der Waals surface area contributed by atoms with Crippen LogP contribution in [0.4, 0.5) is 4.39 Å². The fraction of sp³-hybridized carbons (Fsp3) is 0.417. The van der Waals surface area contributed by atoms with Gasteiger partial charge in [-0.05, 0) is 53.8 Å². The molecule has 2 N–H and O–H groups in total. The van der Waals surface area contributed by atoms with Crippen molar-refractivity contribution in [2.75, 3.05) is 19.6 Å². The Morgan fingerprint density at radius 1 is 1.35 bits per heavy atom. The van der Waals surface area contributed by atoms with Crippen LogP contribution in [-0.4, -0.2) is 25.5 Å². The average Bonchev–Trinajstić information content (AvgIpc) is 2.32. The van der Waals surface area contributed by atoms with Crippen LogP contribution in [0.3, 0.4) is 0 Å². The second-order valence-corrected chi connectivity index (χ2v) is 4.80. The molecule has 3 nitrogen and oxygen atoms in total. The molecule has 0 unspecified atom stereocenters. The number of halogens is 2. The summed E-state index contributed by atoms with van der Waals surface area (Å²) < 4.78 is 13.7. The molecule has 1 aromatic rings. The van der Waals surface area contributed by atoms with E-state index in [2.05, 4.69) is 17.6 Å². The summed E-state index contributed by atoms with van der Waals surface area (Å²) in [5.41, 5.74) is 0.360. The number of rotatable bonds is 6. The summed E-state index contributed by atoms with van der Waals surface area (Å²) in [7, 11) is 0. The van der Waals surface area contributed by atoms with E-state index >= 15 is 0 Å². The first-order valence-corrected chi connectivity index (χ1v) is 6.67. The van der Waals surface area contributed by atoms with Gasteiger partial charge in [-0.1, -0.05) is 6.92 Å². The Balaban J connectivity index is 2.39. The van der Waals surface area contributed by atoms with Crippen LogP contribution in [0.5, 0.6) is 0 Å². The summed E-state index contributed by atoms with van der Waals surface area (Å²) in [6.45, 7) is 4.30. The second kappa shape index (κ2) is 7.60. The molecule has 0 atom stereocenters. The van der Waals surface area contributed by atoms with E-state index in [0.29, 0.717) is 15.7 Å². The van der Waals surface area contributed by atoms with Crippen LogP contribution < -0.4 is 10.6 Å². The van der Waals surface area contributed by atoms with E-state index in [1.54, 1.807) is 12.1 Å². The predicted octanol–water partition coefficient (Wildman–Crippen LogP) is 2.16. The third-order valence-electron chi connectivity index (χ3n) is 2.20. The van der Waals surface area contributed by atoms with E-state index in [0.717, 1.165) is 19.5 Å². The zero-order chi connectivity index (χ0) is 12.7. The smallest absolute Gasteiger partial charge is 0.251 e. The van der Waals surface area contributed by atoms with Gasteiger partial charge in [0.1, 0.15) is 5.82 Å². The molecule has 0 aromatic heterocycles. The van der Waals surface area contributed by atoms with Gasteiger partial charge in [-0.2, -0.15) is 0 Å². The van der Waals surface area contributed by atoms with Crippen molar-refractivity contribution in [1.29, 1.82) is 0 Å². The highest BCUT2D eigenvalue weighted by molar-refractivity contribution is 14.1. The summed E-state index contributed by atoms with van der Waals surface area (Å²) in [6.07, 6.45) is 1.07. The van der Waals surface area contributed by atoms with Gasteiger partial charge < -0.3 is 10.6 Å². The van der Waals surface area contributed by atoms with Crippen molar-refractivity contribution in [3.63, 3.8) is 0 Å². The van der Waals surface area contributed by atoms with Crippen LogP contribution >= 0.6 is 22.6 Å². The minimum absolute atomic E-state index is 0.237. The lowest BCUT2D eigenvalue weighted by molar-refractivity contribution is 0.0953. The van der Waals surface area contributed by atoms with Crippen LogP contribution in [0.2, 0.25) is 0 Å². The molecule has 0 spiro atoms. The van der Waals surface area contributed by atoms with E-state index in [1.807, 2.05) is 22.6 Å². The molecule has 0 fully saturated rings. The SMILES string of the molecule is CCCNCCNC(=O)c1ccc(I)c(F)c1. The number of hydrogen-bond donors (Lipinski definition) is 2. The van der Waals surface area contributed by atoms with Crippen LogP contribution in [-0.2, 0) is 0 Å². The zero-order valence-electron chi connectivity index (χ0n) is 9.72. The maximum Gasteiger partial charge on any atom is 0.251 e. The van der Waals surface area contributed by atoms with Gasteiger partial charge in [0, 0.05) is 22.2 Å². The molecule has 17 heavy (non-hydrogen) atoms. The standard InChI is InChI=1S/C12H16FIN2O/c1-2-5-15-6-7-16-12(17)9-3-4-11(14)10(13)8-9/h3-4,8,15H,2,5-7H2,1H3,(H,16,17). The highest BCUT2D eigenvalue weighted by Crippen LogP contribution is 2.12. The maximum absolute atomic E-state index is 13.2. The van der Waals surface area contributed by atoms with E-state index in [4.69, 9.17) is 0 Å². The van der Waals surface area contributed by atoms with Gasteiger partial charge in [-0.25, -0.2) is 4.39 Å². The third-order valence-corrected chi connectivity index (χ3v) is 3.07. The minimum atomic E-state index is -0.359. The summed E-state index contributed by atoms with van der Waals surface area (Å²) in [6, 6.07) is 4.48. The number of amides is 1. The number of carbonyl (C=O) groups is 1. The molecule has 0 aliphatic carbocycles. The van der Waals surface area contributed by atoms with Crippen LogP contribution in [0.15, 0.2) is 18.2 Å². The molecule has 5 heteroatoms. The molecular formula is C12H16FIN2O. The fourth-order valence-electron chi connectivity index (χ4n) is 1.31. The first kappa shape index (κ1) is 14.4. The lowest BCUT2D eigenvalue weighted by Crippen LogP contribution is -2.32. The van der Waals surface area contributed by atoms with Crippen LogP contribution in [0, 0.1) is 9.39 Å². The third kappa shape index (κ3) is 4.99.